The van der Waals surface area contributed by atoms with Crippen molar-refractivity contribution in [2.24, 2.45) is 12.8 Å². The molecule has 0 bridgehead atoms. The average Bonchev–Trinajstić information content (AvgIpc) is 2.83. The second-order valence-corrected chi connectivity index (χ2v) is 4.13. The van der Waals surface area contributed by atoms with Crippen LogP contribution in [0.5, 0.6) is 5.75 Å². The minimum atomic E-state index is -0.899. The van der Waals surface area contributed by atoms with Crippen LogP contribution in [0.25, 0.3) is 0 Å². The number of carbonyl (C=O) groups excluding carboxylic acids is 1. The van der Waals surface area contributed by atoms with E-state index in [1.165, 1.54) is 25.4 Å². The first-order valence-electron chi connectivity index (χ1n) is 5.65. The standard InChI is InChI=1S/C13H14FN3O2/c1-17-7-8(6-16-17)12(15)13(18)10-5-9(14)3-4-11(10)19-2/h3-7,12H,15H2,1-2H3. The maximum Gasteiger partial charge on any atom is 0.187 e. The summed E-state index contributed by atoms with van der Waals surface area (Å²) in [5, 5.41) is 3.95. The molecular formula is C13H14FN3O2. The third-order valence-corrected chi connectivity index (χ3v) is 2.79. The lowest BCUT2D eigenvalue weighted by Gasteiger charge is -2.12. The van der Waals surface area contributed by atoms with Gasteiger partial charge in [-0.15, -0.1) is 0 Å². The summed E-state index contributed by atoms with van der Waals surface area (Å²) in [6.45, 7) is 0. The van der Waals surface area contributed by atoms with Crippen molar-refractivity contribution < 1.29 is 13.9 Å². The summed E-state index contributed by atoms with van der Waals surface area (Å²) in [6.07, 6.45) is 3.16. The van der Waals surface area contributed by atoms with E-state index in [9.17, 15) is 9.18 Å². The second kappa shape index (κ2) is 5.19. The molecule has 0 amide bonds. The zero-order chi connectivity index (χ0) is 14.0. The number of Topliss-reactive ketones (excluding diaryl/α,β-unsaturated/α-hetero) is 1. The van der Waals surface area contributed by atoms with Crippen LogP contribution in [-0.2, 0) is 7.05 Å². The summed E-state index contributed by atoms with van der Waals surface area (Å²) in [4.78, 5) is 12.3. The van der Waals surface area contributed by atoms with E-state index >= 15 is 0 Å². The van der Waals surface area contributed by atoms with Gasteiger partial charge in [0.2, 0.25) is 0 Å². The lowest BCUT2D eigenvalue weighted by Crippen LogP contribution is -2.21. The highest BCUT2D eigenvalue weighted by atomic mass is 19.1. The minimum Gasteiger partial charge on any atom is -0.496 e. The van der Waals surface area contributed by atoms with Crippen LogP contribution in [0.1, 0.15) is 22.0 Å². The highest BCUT2D eigenvalue weighted by molar-refractivity contribution is 6.02. The van der Waals surface area contributed by atoms with Crippen LogP contribution in [0, 0.1) is 5.82 Å². The Morgan fingerprint density at radius 3 is 2.84 bits per heavy atom. The van der Waals surface area contributed by atoms with Gasteiger partial charge in [-0.05, 0) is 18.2 Å². The van der Waals surface area contributed by atoms with Crippen molar-refractivity contribution in [3.63, 3.8) is 0 Å². The summed E-state index contributed by atoms with van der Waals surface area (Å²) < 4.78 is 19.8. The van der Waals surface area contributed by atoms with Gasteiger partial charge >= 0.3 is 0 Å². The SMILES string of the molecule is COc1ccc(F)cc1C(=O)C(N)c1cnn(C)c1. The van der Waals surface area contributed by atoms with Gasteiger partial charge in [0.05, 0.1) is 24.9 Å². The first-order valence-corrected chi connectivity index (χ1v) is 5.65. The van der Waals surface area contributed by atoms with Crippen molar-refractivity contribution in [1.82, 2.24) is 9.78 Å². The second-order valence-electron chi connectivity index (χ2n) is 4.13. The molecule has 2 rings (SSSR count). The largest absolute Gasteiger partial charge is 0.496 e. The van der Waals surface area contributed by atoms with E-state index < -0.39 is 17.6 Å². The Bertz CT molecular complexity index is 610. The molecule has 100 valence electrons. The van der Waals surface area contributed by atoms with Gasteiger partial charge in [-0.1, -0.05) is 0 Å². The van der Waals surface area contributed by atoms with Crippen LogP contribution in [0.2, 0.25) is 0 Å². The molecule has 2 N–H and O–H groups in total. The van der Waals surface area contributed by atoms with E-state index in [0.717, 1.165) is 6.07 Å². The molecule has 0 saturated heterocycles. The monoisotopic (exact) mass is 263 g/mol. The lowest BCUT2D eigenvalue weighted by molar-refractivity contribution is 0.0958. The van der Waals surface area contributed by atoms with E-state index in [-0.39, 0.29) is 5.56 Å². The molecule has 0 saturated carbocycles. The van der Waals surface area contributed by atoms with Crippen molar-refractivity contribution in [3.05, 3.63) is 47.5 Å². The van der Waals surface area contributed by atoms with Gasteiger partial charge in [0.1, 0.15) is 11.6 Å². The number of aryl methyl sites for hydroxylation is 1. The molecule has 1 aromatic carbocycles. The van der Waals surface area contributed by atoms with Crippen LogP contribution in [0.3, 0.4) is 0 Å². The molecule has 5 nitrogen and oxygen atoms in total. The summed E-state index contributed by atoms with van der Waals surface area (Å²) in [7, 11) is 3.14. The van der Waals surface area contributed by atoms with Crippen molar-refractivity contribution in [3.8, 4) is 5.75 Å². The number of halogens is 1. The molecule has 1 aromatic heterocycles. The van der Waals surface area contributed by atoms with Crippen molar-refractivity contribution >= 4 is 5.78 Å². The minimum absolute atomic E-state index is 0.124. The van der Waals surface area contributed by atoms with E-state index in [1.54, 1.807) is 17.9 Å². The molecule has 0 aliphatic heterocycles. The van der Waals surface area contributed by atoms with Gasteiger partial charge < -0.3 is 10.5 Å². The van der Waals surface area contributed by atoms with E-state index in [2.05, 4.69) is 5.10 Å². The van der Waals surface area contributed by atoms with Crippen LogP contribution in [0.15, 0.2) is 30.6 Å². The molecule has 0 aliphatic carbocycles. The summed E-state index contributed by atoms with van der Waals surface area (Å²) in [6, 6.07) is 2.85. The Kier molecular flexibility index (Phi) is 3.62. The number of carbonyl (C=O) groups is 1. The number of hydrogen-bond acceptors (Lipinski definition) is 4. The third kappa shape index (κ3) is 2.63. The fourth-order valence-corrected chi connectivity index (χ4v) is 1.79. The quantitative estimate of drug-likeness (QED) is 0.848. The fourth-order valence-electron chi connectivity index (χ4n) is 1.79. The number of nitrogens with two attached hydrogens (primary N) is 1. The Morgan fingerprint density at radius 1 is 1.53 bits per heavy atom. The van der Waals surface area contributed by atoms with Crippen LogP contribution < -0.4 is 10.5 Å². The summed E-state index contributed by atoms with van der Waals surface area (Å²) in [5.41, 5.74) is 6.57. The predicted molar refractivity (Wildman–Crippen MR) is 67.4 cm³/mol. The third-order valence-electron chi connectivity index (χ3n) is 2.79. The summed E-state index contributed by atoms with van der Waals surface area (Å²) >= 11 is 0. The molecule has 1 unspecified atom stereocenters. The molecule has 0 spiro atoms. The first kappa shape index (κ1) is 13.2. The van der Waals surface area contributed by atoms with Crippen LogP contribution in [-0.4, -0.2) is 22.7 Å². The highest BCUT2D eigenvalue weighted by Crippen LogP contribution is 2.24. The number of ketones is 1. The molecular weight excluding hydrogens is 249 g/mol. The van der Waals surface area contributed by atoms with Crippen LogP contribution in [0.4, 0.5) is 4.39 Å². The highest BCUT2D eigenvalue weighted by Gasteiger charge is 2.22. The maximum absolute atomic E-state index is 13.2. The molecule has 0 radical (unpaired) electrons. The predicted octanol–water partition coefficient (Wildman–Crippen LogP) is 1.45. The van der Waals surface area contributed by atoms with E-state index in [1.807, 2.05) is 0 Å². The smallest absolute Gasteiger partial charge is 0.187 e. The van der Waals surface area contributed by atoms with Gasteiger partial charge in [0.15, 0.2) is 5.78 Å². The van der Waals surface area contributed by atoms with E-state index in [4.69, 9.17) is 10.5 Å². The topological polar surface area (TPSA) is 70.1 Å². The molecule has 1 heterocycles. The fraction of sp³-hybridized carbons (Fsp3) is 0.231. The van der Waals surface area contributed by atoms with Gasteiger partial charge in [0.25, 0.3) is 0 Å². The average molecular weight is 263 g/mol. The van der Waals surface area contributed by atoms with Gasteiger partial charge in [-0.2, -0.15) is 5.10 Å². The Labute approximate surface area is 109 Å². The molecule has 1 atom stereocenters. The first-order chi connectivity index (χ1) is 9.02. The maximum atomic E-state index is 13.2. The van der Waals surface area contributed by atoms with Gasteiger partial charge in [-0.25, -0.2) is 4.39 Å². The number of benzene rings is 1. The number of hydrogen-bond donors (Lipinski definition) is 1. The van der Waals surface area contributed by atoms with Crippen molar-refractivity contribution in [2.45, 2.75) is 6.04 Å². The van der Waals surface area contributed by atoms with Crippen molar-refractivity contribution in [2.75, 3.05) is 7.11 Å². The number of nitrogens with zero attached hydrogens (tertiary/aromatic N) is 2. The Balaban J connectivity index is 2.36. The molecule has 19 heavy (non-hydrogen) atoms. The van der Waals surface area contributed by atoms with Gasteiger partial charge in [-0.3, -0.25) is 9.48 Å². The molecule has 6 heteroatoms. The molecule has 2 aromatic rings. The van der Waals surface area contributed by atoms with E-state index in [0.29, 0.717) is 11.3 Å². The van der Waals surface area contributed by atoms with Crippen molar-refractivity contribution in [1.29, 1.82) is 0 Å². The zero-order valence-corrected chi connectivity index (χ0v) is 10.6. The number of rotatable bonds is 4. The summed E-state index contributed by atoms with van der Waals surface area (Å²) in [5.74, 6) is -0.627. The normalized spacial score (nSPS) is 12.2. The molecule has 0 aliphatic rings. The number of methoxy groups -OCH3 is 1. The molecule has 0 fully saturated rings. The number of ether oxygens (including phenoxy) is 1. The number of aromatic nitrogens is 2. The Morgan fingerprint density at radius 2 is 2.26 bits per heavy atom. The lowest BCUT2D eigenvalue weighted by atomic mass is 10.00. The zero-order valence-electron chi connectivity index (χ0n) is 10.6. The van der Waals surface area contributed by atoms with Gasteiger partial charge in [0, 0.05) is 18.8 Å². The Hall–Kier alpha value is -2.21. The van der Waals surface area contributed by atoms with Crippen LogP contribution >= 0.6 is 0 Å².